The highest BCUT2D eigenvalue weighted by Gasteiger charge is 2.32. The van der Waals surface area contributed by atoms with Crippen LogP contribution in [0.1, 0.15) is 19.4 Å². The number of aliphatic hydroxyl groups excluding tert-OH is 1. The van der Waals surface area contributed by atoms with Crippen molar-refractivity contribution >= 4 is 34.6 Å². The number of hydrogen-bond acceptors (Lipinski definition) is 6. The van der Waals surface area contributed by atoms with E-state index in [0.29, 0.717) is 5.96 Å². The highest BCUT2D eigenvalue weighted by Crippen LogP contribution is 2.27. The maximum absolute atomic E-state index is 9.17. The Balaban J connectivity index is 0.00000180. The second-order valence-electron chi connectivity index (χ2n) is 4.60. The standard InChI is InChI=1S/C12H17N5O.BrH/c1-12(2)16-10(13)15-11(14)17(12)9-5-3-4-8(6-9)7-18;/h3-6,18H,7H2,1-2H3,(H4,13,14,15,16);1H. The third kappa shape index (κ3) is 3.05. The van der Waals surface area contributed by atoms with Gasteiger partial charge in [-0.3, -0.25) is 4.90 Å². The molecule has 0 unspecified atom stereocenters. The second-order valence-corrected chi connectivity index (χ2v) is 4.60. The highest BCUT2D eigenvalue weighted by atomic mass is 79.9. The molecule has 0 aliphatic carbocycles. The molecule has 0 spiro atoms. The van der Waals surface area contributed by atoms with Gasteiger partial charge in [-0.15, -0.1) is 17.0 Å². The zero-order valence-electron chi connectivity index (χ0n) is 10.9. The lowest BCUT2D eigenvalue weighted by atomic mass is 10.1. The van der Waals surface area contributed by atoms with Crippen molar-refractivity contribution in [3.05, 3.63) is 29.8 Å². The summed E-state index contributed by atoms with van der Waals surface area (Å²) in [6.45, 7) is 3.77. The minimum Gasteiger partial charge on any atom is -0.392 e. The predicted molar refractivity (Wildman–Crippen MR) is 82.5 cm³/mol. The van der Waals surface area contributed by atoms with Gasteiger partial charge in [0.2, 0.25) is 11.9 Å². The summed E-state index contributed by atoms with van der Waals surface area (Å²) in [4.78, 5) is 10.0. The Labute approximate surface area is 122 Å². The number of halogens is 1. The SMILES string of the molecule is Br.CC1(C)N=C(N)N=C(N)N1c1cccc(CO)c1. The lowest BCUT2D eigenvalue weighted by Crippen LogP contribution is -2.54. The molecule has 19 heavy (non-hydrogen) atoms. The van der Waals surface area contributed by atoms with Gasteiger partial charge in [0, 0.05) is 5.69 Å². The van der Waals surface area contributed by atoms with E-state index in [4.69, 9.17) is 11.5 Å². The fraction of sp³-hybridized carbons (Fsp3) is 0.333. The van der Waals surface area contributed by atoms with Crippen LogP contribution in [-0.2, 0) is 6.61 Å². The monoisotopic (exact) mass is 327 g/mol. The van der Waals surface area contributed by atoms with Crippen molar-refractivity contribution in [3.8, 4) is 0 Å². The molecule has 0 saturated carbocycles. The van der Waals surface area contributed by atoms with Crippen molar-refractivity contribution in [2.75, 3.05) is 4.90 Å². The summed E-state index contributed by atoms with van der Waals surface area (Å²) in [5.41, 5.74) is 12.6. The van der Waals surface area contributed by atoms with Crippen LogP contribution in [0.4, 0.5) is 5.69 Å². The van der Waals surface area contributed by atoms with Crippen molar-refractivity contribution in [1.82, 2.24) is 0 Å². The third-order valence-electron chi connectivity index (χ3n) is 2.74. The van der Waals surface area contributed by atoms with Crippen LogP contribution < -0.4 is 16.4 Å². The average molecular weight is 328 g/mol. The van der Waals surface area contributed by atoms with E-state index in [1.54, 1.807) is 4.90 Å². The van der Waals surface area contributed by atoms with E-state index in [-0.39, 0.29) is 29.5 Å². The minimum absolute atomic E-state index is 0. The van der Waals surface area contributed by atoms with Crippen LogP contribution >= 0.6 is 17.0 Å². The molecule has 7 heteroatoms. The zero-order valence-corrected chi connectivity index (χ0v) is 12.6. The Kier molecular flexibility index (Phi) is 4.54. The van der Waals surface area contributed by atoms with E-state index in [2.05, 4.69) is 9.98 Å². The highest BCUT2D eigenvalue weighted by molar-refractivity contribution is 8.93. The summed E-state index contributed by atoms with van der Waals surface area (Å²) in [5.74, 6) is 0.467. The van der Waals surface area contributed by atoms with Gasteiger partial charge in [-0.25, -0.2) is 4.99 Å². The molecule has 104 valence electrons. The van der Waals surface area contributed by atoms with Gasteiger partial charge in [0.25, 0.3) is 0 Å². The van der Waals surface area contributed by atoms with Gasteiger partial charge >= 0.3 is 0 Å². The number of rotatable bonds is 2. The summed E-state index contributed by atoms with van der Waals surface area (Å²) >= 11 is 0. The molecular weight excluding hydrogens is 310 g/mol. The molecule has 0 saturated heterocycles. The minimum atomic E-state index is -0.607. The fourth-order valence-electron chi connectivity index (χ4n) is 2.05. The van der Waals surface area contributed by atoms with Crippen molar-refractivity contribution in [3.63, 3.8) is 0 Å². The first kappa shape index (κ1) is 15.5. The van der Waals surface area contributed by atoms with E-state index in [1.165, 1.54) is 0 Å². The number of aliphatic hydroxyl groups is 1. The molecule has 1 aromatic rings. The number of nitrogens with two attached hydrogens (primary N) is 2. The fourth-order valence-corrected chi connectivity index (χ4v) is 2.05. The maximum atomic E-state index is 9.17. The topological polar surface area (TPSA) is 100 Å². The van der Waals surface area contributed by atoms with E-state index in [0.717, 1.165) is 11.3 Å². The maximum Gasteiger partial charge on any atom is 0.220 e. The Hall–Kier alpha value is -1.60. The lowest BCUT2D eigenvalue weighted by molar-refractivity contribution is 0.282. The predicted octanol–water partition coefficient (Wildman–Crippen LogP) is 0.942. The second kappa shape index (κ2) is 5.58. The Morgan fingerprint density at radius 2 is 2.00 bits per heavy atom. The molecule has 1 aliphatic heterocycles. The number of hydrogen-bond donors (Lipinski definition) is 3. The van der Waals surface area contributed by atoms with Gasteiger partial charge in [0.05, 0.1) is 6.61 Å². The molecule has 2 rings (SSSR count). The Bertz CT molecular complexity index is 527. The van der Waals surface area contributed by atoms with Crippen LogP contribution in [0.15, 0.2) is 34.3 Å². The number of guanidine groups is 2. The first-order valence-corrected chi connectivity index (χ1v) is 5.63. The third-order valence-corrected chi connectivity index (χ3v) is 2.74. The number of nitrogens with zero attached hydrogens (tertiary/aromatic N) is 3. The van der Waals surface area contributed by atoms with Gasteiger partial charge < -0.3 is 16.6 Å². The molecule has 5 N–H and O–H groups in total. The summed E-state index contributed by atoms with van der Waals surface area (Å²) < 4.78 is 0. The van der Waals surface area contributed by atoms with E-state index in [9.17, 15) is 5.11 Å². The molecule has 0 radical (unpaired) electrons. The van der Waals surface area contributed by atoms with Gasteiger partial charge in [-0.2, -0.15) is 4.99 Å². The van der Waals surface area contributed by atoms with E-state index in [1.807, 2.05) is 38.1 Å². The van der Waals surface area contributed by atoms with Crippen LogP contribution in [0.25, 0.3) is 0 Å². The molecule has 0 aromatic heterocycles. The summed E-state index contributed by atoms with van der Waals surface area (Å²) in [6.07, 6.45) is 0. The van der Waals surface area contributed by atoms with Crippen LogP contribution in [0.2, 0.25) is 0 Å². The smallest absolute Gasteiger partial charge is 0.220 e. The molecular formula is C12H18BrN5O. The van der Waals surface area contributed by atoms with Crippen molar-refractivity contribution in [1.29, 1.82) is 0 Å². The first-order chi connectivity index (χ1) is 8.44. The van der Waals surface area contributed by atoms with Crippen molar-refractivity contribution in [2.45, 2.75) is 26.1 Å². The molecule has 0 atom stereocenters. The van der Waals surface area contributed by atoms with Crippen LogP contribution in [0, 0.1) is 0 Å². The summed E-state index contributed by atoms with van der Waals surface area (Å²) in [5, 5.41) is 9.17. The van der Waals surface area contributed by atoms with Gasteiger partial charge in [-0.1, -0.05) is 12.1 Å². The number of benzene rings is 1. The molecule has 1 heterocycles. The van der Waals surface area contributed by atoms with Crippen LogP contribution in [0.5, 0.6) is 0 Å². The molecule has 0 bridgehead atoms. The zero-order chi connectivity index (χ0) is 13.3. The first-order valence-electron chi connectivity index (χ1n) is 5.63. The summed E-state index contributed by atoms with van der Waals surface area (Å²) in [7, 11) is 0. The van der Waals surface area contributed by atoms with Crippen molar-refractivity contribution in [2.24, 2.45) is 21.5 Å². The molecule has 1 aromatic carbocycles. The molecule has 0 amide bonds. The lowest BCUT2D eigenvalue weighted by Gasteiger charge is -2.38. The van der Waals surface area contributed by atoms with Gasteiger partial charge in [0.15, 0.2) is 0 Å². The quantitative estimate of drug-likeness (QED) is 0.752. The average Bonchev–Trinajstić information content (AvgIpc) is 2.26. The van der Waals surface area contributed by atoms with Crippen LogP contribution in [-0.4, -0.2) is 22.7 Å². The van der Waals surface area contributed by atoms with E-state index >= 15 is 0 Å². The van der Waals surface area contributed by atoms with Crippen molar-refractivity contribution < 1.29 is 5.11 Å². The normalized spacial score (nSPS) is 17.3. The van der Waals surface area contributed by atoms with E-state index < -0.39 is 5.66 Å². The Morgan fingerprint density at radius 1 is 1.32 bits per heavy atom. The van der Waals surface area contributed by atoms with Crippen LogP contribution in [0.3, 0.4) is 0 Å². The molecule has 0 fully saturated rings. The largest absolute Gasteiger partial charge is 0.392 e. The summed E-state index contributed by atoms with van der Waals surface area (Å²) in [6, 6.07) is 7.43. The van der Waals surface area contributed by atoms with Gasteiger partial charge in [-0.05, 0) is 31.5 Å². The molecule has 6 nitrogen and oxygen atoms in total. The Morgan fingerprint density at radius 3 is 2.58 bits per heavy atom. The molecule has 1 aliphatic rings. The number of aliphatic imine (C=N–C) groups is 2. The van der Waals surface area contributed by atoms with Gasteiger partial charge in [0.1, 0.15) is 5.66 Å². The number of anilines is 1.